The first-order chi connectivity index (χ1) is 8.66. The maximum absolute atomic E-state index is 6.44. The van der Waals surface area contributed by atoms with Crippen molar-refractivity contribution >= 4 is 23.5 Å². The zero-order valence-corrected chi connectivity index (χ0v) is 12.9. The molecule has 0 aromatic heterocycles. The van der Waals surface area contributed by atoms with E-state index in [0.717, 1.165) is 6.42 Å². The van der Waals surface area contributed by atoms with Crippen molar-refractivity contribution in [2.24, 2.45) is 11.7 Å². The lowest BCUT2D eigenvalue weighted by Gasteiger charge is -2.27. The summed E-state index contributed by atoms with van der Waals surface area (Å²) in [7, 11) is 0. The molecule has 0 spiro atoms. The summed E-state index contributed by atoms with van der Waals surface area (Å²) >= 11 is 4.08. The third-order valence-electron chi connectivity index (χ3n) is 3.22. The van der Waals surface area contributed by atoms with Gasteiger partial charge in [0.25, 0.3) is 0 Å². The van der Waals surface area contributed by atoms with Crippen molar-refractivity contribution in [2.45, 2.75) is 31.6 Å². The Morgan fingerprint density at radius 1 is 1.33 bits per heavy atom. The summed E-state index contributed by atoms with van der Waals surface area (Å²) in [5, 5.41) is 0.582. The molecule has 0 saturated carbocycles. The minimum Gasteiger partial charge on any atom is -0.323 e. The van der Waals surface area contributed by atoms with Crippen LogP contribution in [0.2, 0.25) is 0 Å². The molecule has 0 bridgehead atoms. The SMILES string of the molecule is CC(C)Cc1cccc(C(N)C2CSCCS2)c1. The molecule has 100 valence electrons. The van der Waals surface area contributed by atoms with E-state index in [1.54, 1.807) is 0 Å². The normalized spacial score (nSPS) is 22.1. The van der Waals surface area contributed by atoms with Gasteiger partial charge in [0.2, 0.25) is 0 Å². The van der Waals surface area contributed by atoms with Gasteiger partial charge in [-0.15, -0.1) is 0 Å². The predicted octanol–water partition coefficient (Wildman–Crippen LogP) is 3.73. The number of thioether (sulfide) groups is 2. The van der Waals surface area contributed by atoms with E-state index in [1.807, 2.05) is 23.5 Å². The molecule has 1 aliphatic heterocycles. The minimum atomic E-state index is 0.190. The van der Waals surface area contributed by atoms with E-state index in [-0.39, 0.29) is 6.04 Å². The first-order valence-electron chi connectivity index (χ1n) is 6.70. The fourth-order valence-corrected chi connectivity index (χ4v) is 5.13. The Hall–Kier alpha value is -0.120. The highest BCUT2D eigenvalue weighted by Crippen LogP contribution is 2.32. The average molecular weight is 281 g/mol. The van der Waals surface area contributed by atoms with Crippen molar-refractivity contribution in [3.8, 4) is 0 Å². The van der Waals surface area contributed by atoms with E-state index in [9.17, 15) is 0 Å². The summed E-state index contributed by atoms with van der Waals surface area (Å²) in [5.74, 6) is 4.42. The van der Waals surface area contributed by atoms with Crippen molar-refractivity contribution in [2.75, 3.05) is 17.3 Å². The Morgan fingerprint density at radius 3 is 2.83 bits per heavy atom. The maximum Gasteiger partial charge on any atom is 0.0423 e. The van der Waals surface area contributed by atoms with Gasteiger partial charge in [-0.25, -0.2) is 0 Å². The molecular weight excluding hydrogens is 258 g/mol. The van der Waals surface area contributed by atoms with Crippen LogP contribution in [0, 0.1) is 5.92 Å². The van der Waals surface area contributed by atoms with E-state index in [1.165, 1.54) is 28.4 Å². The molecule has 18 heavy (non-hydrogen) atoms. The van der Waals surface area contributed by atoms with Gasteiger partial charge in [-0.1, -0.05) is 38.1 Å². The Labute approximate surface area is 119 Å². The average Bonchev–Trinajstić information content (AvgIpc) is 2.38. The third-order valence-corrected chi connectivity index (χ3v) is 6.11. The molecule has 1 fully saturated rings. The molecule has 0 aliphatic carbocycles. The lowest BCUT2D eigenvalue weighted by molar-refractivity contribution is 0.644. The first kappa shape index (κ1) is 14.3. The second-order valence-corrected chi connectivity index (χ2v) is 7.85. The molecule has 0 radical (unpaired) electrons. The van der Waals surface area contributed by atoms with Crippen LogP contribution in [0.4, 0.5) is 0 Å². The summed E-state index contributed by atoms with van der Waals surface area (Å²) in [4.78, 5) is 0. The molecule has 1 saturated heterocycles. The Morgan fingerprint density at radius 2 is 2.17 bits per heavy atom. The summed E-state index contributed by atoms with van der Waals surface area (Å²) in [5.41, 5.74) is 9.17. The highest BCUT2D eigenvalue weighted by atomic mass is 32.2. The van der Waals surface area contributed by atoms with E-state index < -0.39 is 0 Å². The predicted molar refractivity (Wildman–Crippen MR) is 85.5 cm³/mol. The van der Waals surface area contributed by atoms with Gasteiger partial charge in [-0.05, 0) is 23.5 Å². The van der Waals surface area contributed by atoms with Crippen LogP contribution in [-0.2, 0) is 6.42 Å². The zero-order chi connectivity index (χ0) is 13.0. The van der Waals surface area contributed by atoms with Gasteiger partial charge in [0.1, 0.15) is 0 Å². The molecule has 1 nitrogen and oxygen atoms in total. The fraction of sp³-hybridized carbons (Fsp3) is 0.600. The topological polar surface area (TPSA) is 26.0 Å². The monoisotopic (exact) mass is 281 g/mol. The number of rotatable bonds is 4. The van der Waals surface area contributed by atoms with Crippen LogP contribution in [0.1, 0.15) is 31.0 Å². The molecule has 1 heterocycles. The van der Waals surface area contributed by atoms with Crippen molar-refractivity contribution in [3.05, 3.63) is 35.4 Å². The zero-order valence-electron chi connectivity index (χ0n) is 11.3. The first-order valence-corrected chi connectivity index (χ1v) is 8.91. The highest BCUT2D eigenvalue weighted by Gasteiger charge is 2.22. The van der Waals surface area contributed by atoms with Crippen molar-refractivity contribution in [1.82, 2.24) is 0 Å². The molecule has 2 atom stereocenters. The van der Waals surface area contributed by atoms with Crippen molar-refractivity contribution in [3.63, 3.8) is 0 Å². The van der Waals surface area contributed by atoms with Gasteiger partial charge >= 0.3 is 0 Å². The number of benzene rings is 1. The van der Waals surface area contributed by atoms with E-state index in [4.69, 9.17) is 5.73 Å². The lowest BCUT2D eigenvalue weighted by Crippen LogP contribution is -2.28. The summed E-state index contributed by atoms with van der Waals surface area (Å²) in [6, 6.07) is 9.07. The number of hydrogen-bond donors (Lipinski definition) is 1. The van der Waals surface area contributed by atoms with Crippen LogP contribution >= 0.6 is 23.5 Å². The molecule has 0 amide bonds. The van der Waals surface area contributed by atoms with Gasteiger partial charge in [0.15, 0.2) is 0 Å². The summed E-state index contributed by atoms with van der Waals surface area (Å²) < 4.78 is 0. The summed E-state index contributed by atoms with van der Waals surface area (Å²) in [6.45, 7) is 4.53. The molecule has 2 rings (SSSR count). The van der Waals surface area contributed by atoms with Crippen LogP contribution in [-0.4, -0.2) is 22.5 Å². The molecule has 2 N–H and O–H groups in total. The van der Waals surface area contributed by atoms with E-state index >= 15 is 0 Å². The largest absolute Gasteiger partial charge is 0.323 e. The summed E-state index contributed by atoms with van der Waals surface area (Å²) in [6.07, 6.45) is 1.15. The second kappa shape index (κ2) is 6.88. The maximum atomic E-state index is 6.44. The highest BCUT2D eigenvalue weighted by molar-refractivity contribution is 8.06. The fourth-order valence-electron chi connectivity index (χ4n) is 2.33. The van der Waals surface area contributed by atoms with Gasteiger partial charge in [-0.2, -0.15) is 23.5 Å². The Kier molecular flexibility index (Phi) is 5.46. The molecule has 1 aliphatic rings. The molecular formula is C15H23NS2. The third kappa shape index (κ3) is 3.94. The van der Waals surface area contributed by atoms with Gasteiger partial charge in [-0.3, -0.25) is 0 Å². The van der Waals surface area contributed by atoms with Gasteiger partial charge < -0.3 is 5.73 Å². The van der Waals surface area contributed by atoms with E-state index in [0.29, 0.717) is 11.2 Å². The van der Waals surface area contributed by atoms with Gasteiger partial charge in [0, 0.05) is 28.6 Å². The van der Waals surface area contributed by atoms with Crippen molar-refractivity contribution in [1.29, 1.82) is 0 Å². The van der Waals surface area contributed by atoms with Crippen LogP contribution in [0.5, 0.6) is 0 Å². The van der Waals surface area contributed by atoms with E-state index in [2.05, 4.69) is 38.1 Å². The standard InChI is InChI=1S/C15H23NS2/c1-11(2)8-12-4-3-5-13(9-12)15(16)14-10-17-6-7-18-14/h3-5,9,11,14-15H,6-8,10,16H2,1-2H3. The quantitative estimate of drug-likeness (QED) is 0.910. The Balaban J connectivity index is 2.06. The van der Waals surface area contributed by atoms with Crippen LogP contribution < -0.4 is 5.73 Å². The molecule has 3 heteroatoms. The van der Waals surface area contributed by atoms with Crippen LogP contribution in [0.3, 0.4) is 0 Å². The van der Waals surface area contributed by atoms with Gasteiger partial charge in [0.05, 0.1) is 0 Å². The van der Waals surface area contributed by atoms with Crippen LogP contribution in [0.25, 0.3) is 0 Å². The number of nitrogens with two attached hydrogens (primary N) is 1. The smallest absolute Gasteiger partial charge is 0.0423 e. The number of hydrogen-bond acceptors (Lipinski definition) is 3. The molecule has 1 aromatic rings. The lowest BCUT2D eigenvalue weighted by atomic mass is 9.97. The second-order valence-electron chi connectivity index (χ2n) is 5.35. The van der Waals surface area contributed by atoms with Crippen LogP contribution in [0.15, 0.2) is 24.3 Å². The molecule has 1 aromatic carbocycles. The minimum absolute atomic E-state index is 0.190. The molecule has 2 unspecified atom stereocenters. The van der Waals surface area contributed by atoms with Crippen molar-refractivity contribution < 1.29 is 0 Å². The Bertz CT molecular complexity index is 373.